The van der Waals surface area contributed by atoms with Crippen molar-refractivity contribution in [3.8, 4) is 0 Å². The fraction of sp³-hybridized carbons (Fsp3) is 0.636. The van der Waals surface area contributed by atoms with Crippen LogP contribution in [0.1, 0.15) is 32.2 Å². The fourth-order valence-electron chi connectivity index (χ4n) is 1.40. The van der Waals surface area contributed by atoms with E-state index in [4.69, 9.17) is 5.73 Å². The van der Waals surface area contributed by atoms with Crippen molar-refractivity contribution in [3.05, 3.63) is 16.6 Å². The lowest BCUT2D eigenvalue weighted by atomic mass is 10.0. The quantitative estimate of drug-likeness (QED) is 0.820. The SMILES string of the molecule is CC(CCN)C(=O)NC(C)(C)c1nccs1. The van der Waals surface area contributed by atoms with E-state index in [1.807, 2.05) is 26.2 Å². The van der Waals surface area contributed by atoms with Crippen molar-refractivity contribution in [3.63, 3.8) is 0 Å². The maximum atomic E-state index is 11.9. The molecule has 0 aliphatic rings. The topological polar surface area (TPSA) is 68.0 Å². The minimum Gasteiger partial charge on any atom is -0.344 e. The van der Waals surface area contributed by atoms with E-state index in [-0.39, 0.29) is 11.8 Å². The van der Waals surface area contributed by atoms with Gasteiger partial charge in [-0.25, -0.2) is 4.98 Å². The summed E-state index contributed by atoms with van der Waals surface area (Å²) >= 11 is 1.55. The number of amides is 1. The number of carbonyl (C=O) groups is 1. The number of nitrogens with zero attached hydrogens (tertiary/aromatic N) is 1. The molecule has 0 bridgehead atoms. The molecular formula is C11H19N3OS. The molecule has 4 nitrogen and oxygen atoms in total. The second kappa shape index (κ2) is 5.41. The van der Waals surface area contributed by atoms with Crippen molar-refractivity contribution in [2.45, 2.75) is 32.7 Å². The molecule has 1 atom stereocenters. The van der Waals surface area contributed by atoms with Gasteiger partial charge in [-0.2, -0.15) is 0 Å². The van der Waals surface area contributed by atoms with E-state index in [1.54, 1.807) is 17.5 Å². The van der Waals surface area contributed by atoms with E-state index < -0.39 is 5.54 Å². The van der Waals surface area contributed by atoms with Crippen molar-refractivity contribution < 1.29 is 4.79 Å². The molecule has 0 aliphatic heterocycles. The van der Waals surface area contributed by atoms with E-state index in [9.17, 15) is 4.79 Å². The van der Waals surface area contributed by atoms with Gasteiger partial charge < -0.3 is 11.1 Å². The van der Waals surface area contributed by atoms with E-state index >= 15 is 0 Å². The summed E-state index contributed by atoms with van der Waals surface area (Å²) in [6.07, 6.45) is 2.46. The van der Waals surface area contributed by atoms with E-state index in [0.717, 1.165) is 5.01 Å². The number of thiazole rings is 1. The second-order valence-corrected chi connectivity index (χ2v) is 5.32. The molecule has 0 saturated heterocycles. The first-order valence-electron chi connectivity index (χ1n) is 5.39. The number of hydrogen-bond acceptors (Lipinski definition) is 4. The van der Waals surface area contributed by atoms with Gasteiger partial charge in [-0.05, 0) is 26.8 Å². The third-order valence-electron chi connectivity index (χ3n) is 2.45. The Morgan fingerprint density at radius 2 is 2.38 bits per heavy atom. The van der Waals surface area contributed by atoms with Crippen LogP contribution in [-0.4, -0.2) is 17.4 Å². The van der Waals surface area contributed by atoms with E-state index in [2.05, 4.69) is 10.3 Å². The predicted octanol–water partition coefficient (Wildman–Crippen LogP) is 1.48. The van der Waals surface area contributed by atoms with Crippen molar-refractivity contribution in [2.75, 3.05) is 6.54 Å². The third kappa shape index (κ3) is 3.28. The summed E-state index contributed by atoms with van der Waals surface area (Å²) < 4.78 is 0. The molecule has 0 spiro atoms. The van der Waals surface area contributed by atoms with Gasteiger partial charge in [-0.3, -0.25) is 4.79 Å². The minimum atomic E-state index is -0.409. The largest absolute Gasteiger partial charge is 0.344 e. The Morgan fingerprint density at radius 3 is 2.88 bits per heavy atom. The van der Waals surface area contributed by atoms with Crippen LogP contribution in [-0.2, 0) is 10.3 Å². The molecular weight excluding hydrogens is 222 g/mol. The monoisotopic (exact) mass is 241 g/mol. The zero-order chi connectivity index (χ0) is 12.2. The number of nitrogens with two attached hydrogens (primary N) is 1. The number of carbonyl (C=O) groups excluding carboxylic acids is 1. The molecule has 90 valence electrons. The molecule has 1 aromatic heterocycles. The molecule has 3 N–H and O–H groups in total. The first-order chi connectivity index (χ1) is 7.47. The number of aromatic nitrogens is 1. The molecule has 16 heavy (non-hydrogen) atoms. The van der Waals surface area contributed by atoms with Crippen LogP contribution in [0.3, 0.4) is 0 Å². The van der Waals surface area contributed by atoms with Crippen LogP contribution in [0.25, 0.3) is 0 Å². The second-order valence-electron chi connectivity index (χ2n) is 4.43. The van der Waals surface area contributed by atoms with Gasteiger partial charge in [0.25, 0.3) is 0 Å². The molecule has 1 amide bonds. The lowest BCUT2D eigenvalue weighted by Gasteiger charge is -2.25. The van der Waals surface area contributed by atoms with Gasteiger partial charge in [0, 0.05) is 17.5 Å². The lowest BCUT2D eigenvalue weighted by Crippen LogP contribution is -2.43. The van der Waals surface area contributed by atoms with Gasteiger partial charge in [0.05, 0.1) is 5.54 Å². The van der Waals surface area contributed by atoms with Crippen LogP contribution >= 0.6 is 11.3 Å². The highest BCUT2D eigenvalue weighted by Gasteiger charge is 2.27. The van der Waals surface area contributed by atoms with Crippen LogP contribution in [0.15, 0.2) is 11.6 Å². The summed E-state index contributed by atoms with van der Waals surface area (Å²) in [6.45, 7) is 6.34. The number of nitrogens with one attached hydrogen (secondary N) is 1. The zero-order valence-electron chi connectivity index (χ0n) is 9.99. The van der Waals surface area contributed by atoms with Gasteiger partial charge in [0.2, 0.25) is 5.91 Å². The van der Waals surface area contributed by atoms with E-state index in [1.165, 1.54) is 0 Å². The summed E-state index contributed by atoms with van der Waals surface area (Å²) in [4.78, 5) is 16.1. The summed E-state index contributed by atoms with van der Waals surface area (Å²) in [7, 11) is 0. The first-order valence-corrected chi connectivity index (χ1v) is 6.27. The smallest absolute Gasteiger partial charge is 0.223 e. The Bertz CT molecular complexity index is 335. The molecule has 1 aromatic rings. The first kappa shape index (κ1) is 13.1. The van der Waals surface area contributed by atoms with Gasteiger partial charge in [-0.15, -0.1) is 11.3 Å². The highest BCUT2D eigenvalue weighted by atomic mass is 32.1. The number of rotatable bonds is 5. The summed E-state index contributed by atoms with van der Waals surface area (Å²) in [5, 5.41) is 5.82. The van der Waals surface area contributed by atoms with Crippen molar-refractivity contribution in [1.82, 2.24) is 10.3 Å². The Kier molecular flexibility index (Phi) is 4.44. The predicted molar refractivity (Wildman–Crippen MR) is 66.1 cm³/mol. The van der Waals surface area contributed by atoms with Crippen LogP contribution in [0, 0.1) is 5.92 Å². The fourth-order valence-corrected chi connectivity index (χ4v) is 2.12. The molecule has 1 unspecified atom stereocenters. The van der Waals surface area contributed by atoms with Gasteiger partial charge in [0.15, 0.2) is 0 Å². The van der Waals surface area contributed by atoms with E-state index in [0.29, 0.717) is 13.0 Å². The van der Waals surface area contributed by atoms with Crippen LogP contribution < -0.4 is 11.1 Å². The standard InChI is InChI=1S/C11H19N3OS/c1-8(4-5-12)9(15)14-11(2,3)10-13-6-7-16-10/h6-8H,4-5,12H2,1-3H3,(H,14,15). The molecule has 0 aliphatic carbocycles. The highest BCUT2D eigenvalue weighted by molar-refractivity contribution is 7.09. The zero-order valence-corrected chi connectivity index (χ0v) is 10.8. The molecule has 0 fully saturated rings. The Labute approximate surface area is 100 Å². The van der Waals surface area contributed by atoms with Crippen molar-refractivity contribution >= 4 is 17.2 Å². The van der Waals surface area contributed by atoms with Crippen molar-refractivity contribution in [1.29, 1.82) is 0 Å². The average molecular weight is 241 g/mol. The number of hydrogen-bond donors (Lipinski definition) is 2. The van der Waals surface area contributed by atoms with Gasteiger partial charge in [-0.1, -0.05) is 6.92 Å². The third-order valence-corrected chi connectivity index (χ3v) is 3.55. The van der Waals surface area contributed by atoms with Crippen LogP contribution in [0.5, 0.6) is 0 Å². The minimum absolute atomic E-state index is 0.0330. The van der Waals surface area contributed by atoms with Gasteiger partial charge in [0.1, 0.15) is 5.01 Å². The molecule has 0 saturated carbocycles. The Balaban J connectivity index is 2.63. The average Bonchev–Trinajstić information content (AvgIpc) is 2.70. The molecule has 0 radical (unpaired) electrons. The summed E-state index contributed by atoms with van der Waals surface area (Å²) in [5.74, 6) is -0.0186. The normalized spacial score (nSPS) is 13.5. The highest BCUT2D eigenvalue weighted by Crippen LogP contribution is 2.22. The Morgan fingerprint density at radius 1 is 1.69 bits per heavy atom. The van der Waals surface area contributed by atoms with Crippen molar-refractivity contribution in [2.24, 2.45) is 11.7 Å². The van der Waals surface area contributed by atoms with Crippen LogP contribution in [0.2, 0.25) is 0 Å². The molecule has 1 heterocycles. The maximum Gasteiger partial charge on any atom is 0.223 e. The van der Waals surface area contributed by atoms with Gasteiger partial charge >= 0.3 is 0 Å². The maximum absolute atomic E-state index is 11.9. The molecule has 1 rings (SSSR count). The summed E-state index contributed by atoms with van der Waals surface area (Å²) in [6, 6.07) is 0. The summed E-state index contributed by atoms with van der Waals surface area (Å²) in [5.41, 5.74) is 5.03. The molecule has 0 aromatic carbocycles. The lowest BCUT2D eigenvalue weighted by molar-refractivity contribution is -0.126. The Hall–Kier alpha value is -0.940. The van der Waals surface area contributed by atoms with Crippen LogP contribution in [0.4, 0.5) is 0 Å². The molecule has 5 heteroatoms.